The number of carboxylic acid groups (broad SMARTS) is 1. The Morgan fingerprint density at radius 1 is 1.50 bits per heavy atom. The maximum Gasteiger partial charge on any atom is 0.304 e. The van der Waals surface area contributed by atoms with E-state index in [1.54, 1.807) is 31.3 Å². The van der Waals surface area contributed by atoms with Gasteiger partial charge in [0.15, 0.2) is 5.82 Å². The molecular formula is C11H11ClN4O2. The van der Waals surface area contributed by atoms with Crippen LogP contribution in [0.2, 0.25) is 5.02 Å². The number of hydrogen-bond acceptors (Lipinski definition) is 4. The number of aryl methyl sites for hydroxylation is 1. The first kappa shape index (κ1) is 12.5. The molecule has 0 amide bonds. The highest BCUT2D eigenvalue weighted by molar-refractivity contribution is 6.31. The molecule has 1 heterocycles. The van der Waals surface area contributed by atoms with Crippen LogP contribution in [0.15, 0.2) is 24.3 Å². The highest BCUT2D eigenvalue weighted by Crippen LogP contribution is 2.30. The molecule has 0 saturated carbocycles. The minimum absolute atomic E-state index is 0.130. The first-order valence-corrected chi connectivity index (χ1v) is 5.66. The van der Waals surface area contributed by atoms with Crippen molar-refractivity contribution in [2.45, 2.75) is 12.3 Å². The SMILES string of the molecule is Cn1nnc(C(CC(=O)O)c2ccccc2Cl)n1. The molecule has 6 nitrogen and oxygen atoms in total. The summed E-state index contributed by atoms with van der Waals surface area (Å²) >= 11 is 6.08. The summed E-state index contributed by atoms with van der Waals surface area (Å²) in [5.41, 5.74) is 0.689. The van der Waals surface area contributed by atoms with E-state index in [4.69, 9.17) is 16.7 Å². The van der Waals surface area contributed by atoms with Crippen molar-refractivity contribution in [3.05, 3.63) is 40.7 Å². The molecule has 7 heteroatoms. The van der Waals surface area contributed by atoms with Crippen LogP contribution in [0.5, 0.6) is 0 Å². The largest absolute Gasteiger partial charge is 0.481 e. The van der Waals surface area contributed by atoms with Crippen molar-refractivity contribution >= 4 is 17.6 Å². The monoisotopic (exact) mass is 266 g/mol. The van der Waals surface area contributed by atoms with Gasteiger partial charge in [0.25, 0.3) is 0 Å². The molecule has 0 fully saturated rings. The lowest BCUT2D eigenvalue weighted by molar-refractivity contribution is -0.137. The van der Waals surface area contributed by atoms with Gasteiger partial charge in [-0.05, 0) is 16.8 Å². The van der Waals surface area contributed by atoms with Gasteiger partial charge in [0, 0.05) is 5.02 Å². The first-order valence-electron chi connectivity index (χ1n) is 5.28. The van der Waals surface area contributed by atoms with Crippen LogP contribution >= 0.6 is 11.6 Å². The van der Waals surface area contributed by atoms with Crippen molar-refractivity contribution in [2.75, 3.05) is 0 Å². The van der Waals surface area contributed by atoms with Crippen molar-refractivity contribution in [2.24, 2.45) is 7.05 Å². The van der Waals surface area contributed by atoms with Gasteiger partial charge in [-0.3, -0.25) is 4.79 Å². The smallest absolute Gasteiger partial charge is 0.304 e. The molecule has 0 aliphatic heterocycles. The Hall–Kier alpha value is -1.95. The summed E-state index contributed by atoms with van der Waals surface area (Å²) in [5.74, 6) is -1.08. The Kier molecular flexibility index (Phi) is 3.57. The summed E-state index contributed by atoms with van der Waals surface area (Å²) in [6.45, 7) is 0. The van der Waals surface area contributed by atoms with Crippen molar-refractivity contribution in [3.8, 4) is 0 Å². The van der Waals surface area contributed by atoms with Gasteiger partial charge >= 0.3 is 5.97 Å². The molecule has 0 aliphatic rings. The first-order chi connectivity index (χ1) is 8.58. The average molecular weight is 267 g/mol. The van der Waals surface area contributed by atoms with Gasteiger partial charge in [-0.2, -0.15) is 4.80 Å². The zero-order chi connectivity index (χ0) is 13.1. The quantitative estimate of drug-likeness (QED) is 0.906. The van der Waals surface area contributed by atoms with E-state index < -0.39 is 11.9 Å². The normalized spacial score (nSPS) is 12.3. The third-order valence-electron chi connectivity index (χ3n) is 2.49. The maximum absolute atomic E-state index is 10.9. The maximum atomic E-state index is 10.9. The summed E-state index contributed by atoms with van der Waals surface area (Å²) in [6.07, 6.45) is -0.130. The summed E-state index contributed by atoms with van der Waals surface area (Å²) in [5, 5.41) is 21.1. The third-order valence-corrected chi connectivity index (χ3v) is 2.84. The Balaban J connectivity index is 2.43. The molecule has 1 aromatic carbocycles. The lowest BCUT2D eigenvalue weighted by Crippen LogP contribution is -2.10. The zero-order valence-electron chi connectivity index (χ0n) is 9.62. The molecule has 1 unspecified atom stereocenters. The van der Waals surface area contributed by atoms with Gasteiger partial charge in [0.05, 0.1) is 19.4 Å². The molecule has 0 aliphatic carbocycles. The van der Waals surface area contributed by atoms with Gasteiger partial charge in [-0.15, -0.1) is 10.2 Å². The highest BCUT2D eigenvalue weighted by Gasteiger charge is 2.24. The zero-order valence-corrected chi connectivity index (χ0v) is 10.4. The topological polar surface area (TPSA) is 80.9 Å². The van der Waals surface area contributed by atoms with E-state index in [1.807, 2.05) is 0 Å². The number of carbonyl (C=O) groups is 1. The number of aliphatic carboxylic acids is 1. The van der Waals surface area contributed by atoms with Gasteiger partial charge in [-0.25, -0.2) is 0 Å². The third kappa shape index (κ3) is 2.65. The summed E-state index contributed by atoms with van der Waals surface area (Å²) in [6, 6.07) is 7.06. The summed E-state index contributed by atoms with van der Waals surface area (Å²) < 4.78 is 0. The second kappa shape index (κ2) is 5.14. The molecule has 1 N–H and O–H groups in total. The minimum atomic E-state index is -0.938. The van der Waals surface area contributed by atoms with E-state index in [0.29, 0.717) is 16.4 Å². The Bertz CT molecular complexity index is 570. The predicted octanol–water partition coefficient (Wildman–Crippen LogP) is 1.47. The molecule has 1 atom stereocenters. The van der Waals surface area contributed by atoms with Crippen LogP contribution < -0.4 is 0 Å². The van der Waals surface area contributed by atoms with Crippen LogP contribution in [0.4, 0.5) is 0 Å². The number of carboxylic acids is 1. The number of hydrogen-bond donors (Lipinski definition) is 1. The van der Waals surface area contributed by atoms with Crippen LogP contribution in [-0.2, 0) is 11.8 Å². The molecule has 0 spiro atoms. The fourth-order valence-corrected chi connectivity index (χ4v) is 1.98. The number of benzene rings is 1. The Morgan fingerprint density at radius 3 is 2.78 bits per heavy atom. The van der Waals surface area contributed by atoms with Crippen molar-refractivity contribution in [3.63, 3.8) is 0 Å². The van der Waals surface area contributed by atoms with Crippen LogP contribution in [0.25, 0.3) is 0 Å². The fourth-order valence-electron chi connectivity index (χ4n) is 1.71. The minimum Gasteiger partial charge on any atom is -0.481 e. The molecule has 2 rings (SSSR count). The van der Waals surface area contributed by atoms with Crippen LogP contribution in [-0.4, -0.2) is 31.3 Å². The van der Waals surface area contributed by atoms with Crippen molar-refractivity contribution in [1.29, 1.82) is 0 Å². The predicted molar refractivity (Wildman–Crippen MR) is 64.3 cm³/mol. The molecule has 0 radical (unpaired) electrons. The summed E-state index contributed by atoms with van der Waals surface area (Å²) in [7, 11) is 1.63. The Morgan fingerprint density at radius 2 is 2.22 bits per heavy atom. The number of aromatic nitrogens is 4. The second-order valence-corrected chi connectivity index (χ2v) is 4.22. The summed E-state index contributed by atoms with van der Waals surface area (Å²) in [4.78, 5) is 12.2. The van der Waals surface area contributed by atoms with E-state index in [9.17, 15) is 4.79 Å². The number of halogens is 1. The van der Waals surface area contributed by atoms with E-state index in [-0.39, 0.29) is 6.42 Å². The lowest BCUT2D eigenvalue weighted by Gasteiger charge is -2.12. The molecule has 94 valence electrons. The van der Waals surface area contributed by atoms with E-state index in [1.165, 1.54) is 4.80 Å². The van der Waals surface area contributed by atoms with E-state index in [0.717, 1.165) is 0 Å². The lowest BCUT2D eigenvalue weighted by atomic mass is 9.95. The number of nitrogens with zero attached hydrogens (tertiary/aromatic N) is 4. The molecule has 0 bridgehead atoms. The number of tetrazole rings is 1. The van der Waals surface area contributed by atoms with Crippen molar-refractivity contribution in [1.82, 2.24) is 20.2 Å². The van der Waals surface area contributed by atoms with Crippen LogP contribution in [0.3, 0.4) is 0 Å². The molecule has 1 aromatic heterocycles. The molecule has 2 aromatic rings. The Labute approximate surface area is 108 Å². The van der Waals surface area contributed by atoms with Gasteiger partial charge < -0.3 is 5.11 Å². The van der Waals surface area contributed by atoms with Gasteiger partial charge in [-0.1, -0.05) is 29.8 Å². The van der Waals surface area contributed by atoms with Gasteiger partial charge in [0.1, 0.15) is 0 Å². The number of rotatable bonds is 4. The van der Waals surface area contributed by atoms with E-state index >= 15 is 0 Å². The van der Waals surface area contributed by atoms with Gasteiger partial charge in [0.2, 0.25) is 0 Å². The highest BCUT2D eigenvalue weighted by atomic mass is 35.5. The second-order valence-electron chi connectivity index (χ2n) is 3.81. The van der Waals surface area contributed by atoms with E-state index in [2.05, 4.69) is 15.4 Å². The fraction of sp³-hybridized carbons (Fsp3) is 0.273. The molecular weight excluding hydrogens is 256 g/mol. The average Bonchev–Trinajstić information content (AvgIpc) is 2.73. The standard InChI is InChI=1S/C11H11ClN4O2/c1-16-14-11(13-15-16)8(6-10(17)18)7-4-2-3-5-9(7)12/h2-5,8H,6H2,1H3,(H,17,18). The van der Waals surface area contributed by atoms with Crippen molar-refractivity contribution < 1.29 is 9.90 Å². The van der Waals surface area contributed by atoms with Crippen LogP contribution in [0.1, 0.15) is 23.7 Å². The van der Waals surface area contributed by atoms with Crippen LogP contribution in [0, 0.1) is 0 Å². The molecule has 18 heavy (non-hydrogen) atoms. The molecule has 0 saturated heterocycles.